The molecule has 0 aromatic heterocycles. The van der Waals surface area contributed by atoms with Crippen molar-refractivity contribution in [2.45, 2.75) is 12.5 Å². The number of hydrogen-bond acceptors (Lipinski definition) is 6. The molecule has 0 aliphatic carbocycles. The normalized spacial score (nSPS) is 19.1. The van der Waals surface area contributed by atoms with Gasteiger partial charge in [0.2, 0.25) is 6.79 Å². The molecule has 2 aromatic carbocycles. The van der Waals surface area contributed by atoms with Crippen LogP contribution in [-0.2, 0) is 16.0 Å². The molecule has 28 heavy (non-hydrogen) atoms. The molecule has 1 fully saturated rings. The molecule has 4 rings (SSSR count). The second-order valence-electron chi connectivity index (χ2n) is 6.16. The van der Waals surface area contributed by atoms with E-state index in [1.54, 1.807) is 18.2 Å². The minimum absolute atomic E-state index is 0.180. The molecular formula is C20H16N2O5S. The first-order valence-corrected chi connectivity index (χ1v) is 9.35. The molecule has 7 nitrogen and oxygen atoms in total. The first-order valence-electron chi connectivity index (χ1n) is 8.53. The number of carboxylic acid groups (broad SMARTS) is 1. The van der Waals surface area contributed by atoms with Crippen LogP contribution in [0.1, 0.15) is 11.1 Å². The lowest BCUT2D eigenvalue weighted by Gasteiger charge is -2.08. The summed E-state index contributed by atoms with van der Waals surface area (Å²) >= 11 is 1.12. The van der Waals surface area contributed by atoms with Gasteiger partial charge in [0, 0.05) is 6.42 Å². The topological polar surface area (TPSA) is 97.2 Å². The first kappa shape index (κ1) is 18.1. The zero-order valence-electron chi connectivity index (χ0n) is 14.6. The minimum atomic E-state index is -1.04. The largest absolute Gasteiger partial charge is 0.480 e. The van der Waals surface area contributed by atoms with Crippen molar-refractivity contribution in [1.82, 2.24) is 5.32 Å². The van der Waals surface area contributed by atoms with E-state index in [0.717, 1.165) is 22.9 Å². The summed E-state index contributed by atoms with van der Waals surface area (Å²) in [5.74, 6) is -0.0664. The molecule has 0 unspecified atom stereocenters. The van der Waals surface area contributed by atoms with Gasteiger partial charge in [0.1, 0.15) is 0 Å². The maximum atomic E-state index is 12.2. The van der Waals surface area contributed by atoms with E-state index in [4.69, 9.17) is 9.47 Å². The third kappa shape index (κ3) is 4.01. The van der Waals surface area contributed by atoms with E-state index in [1.807, 2.05) is 36.4 Å². The number of hydrogen-bond donors (Lipinski definition) is 2. The van der Waals surface area contributed by atoms with Crippen molar-refractivity contribution >= 4 is 34.9 Å². The van der Waals surface area contributed by atoms with Crippen LogP contribution in [0.15, 0.2) is 58.4 Å². The van der Waals surface area contributed by atoms with Crippen molar-refractivity contribution in [2.24, 2.45) is 4.99 Å². The molecule has 2 aliphatic heterocycles. The van der Waals surface area contributed by atoms with Gasteiger partial charge in [-0.2, -0.15) is 0 Å². The summed E-state index contributed by atoms with van der Waals surface area (Å²) in [6, 6.07) is 13.7. The molecule has 2 N–H and O–H groups in total. The molecule has 0 radical (unpaired) electrons. The molecular weight excluding hydrogens is 380 g/mol. The zero-order chi connectivity index (χ0) is 19.5. The molecule has 2 aliphatic rings. The fourth-order valence-electron chi connectivity index (χ4n) is 2.81. The van der Waals surface area contributed by atoms with Gasteiger partial charge in [0.15, 0.2) is 22.7 Å². The fraction of sp³-hybridized carbons (Fsp3) is 0.150. The predicted octanol–water partition coefficient (Wildman–Crippen LogP) is 2.67. The standard InChI is InChI=1S/C20H16N2O5S/c23-18-17(10-13-6-7-15-16(9-13)27-11-26-15)28-20(22-18)21-14(19(24)25)8-12-4-2-1-3-5-12/h1-7,9-10,14H,8,11H2,(H,24,25)(H,21,22,23)/b17-10+/t14-/m0/s1. The molecule has 1 amide bonds. The number of fused-ring (bicyclic) bond motifs is 1. The lowest BCUT2D eigenvalue weighted by molar-refractivity contribution is -0.138. The Morgan fingerprint density at radius 3 is 2.79 bits per heavy atom. The predicted molar refractivity (Wildman–Crippen MR) is 105 cm³/mol. The van der Waals surface area contributed by atoms with Crippen LogP contribution in [-0.4, -0.2) is 35.0 Å². The molecule has 0 bridgehead atoms. The maximum absolute atomic E-state index is 12.2. The van der Waals surface area contributed by atoms with Crippen LogP contribution in [0.25, 0.3) is 6.08 Å². The van der Waals surface area contributed by atoms with E-state index >= 15 is 0 Å². The van der Waals surface area contributed by atoms with Gasteiger partial charge in [-0.05, 0) is 41.1 Å². The monoisotopic (exact) mass is 396 g/mol. The Morgan fingerprint density at radius 1 is 1.21 bits per heavy atom. The number of carbonyl (C=O) groups excluding carboxylic acids is 1. The number of amidine groups is 1. The maximum Gasteiger partial charge on any atom is 0.328 e. The highest BCUT2D eigenvalue weighted by molar-refractivity contribution is 8.18. The van der Waals surface area contributed by atoms with E-state index in [9.17, 15) is 14.7 Å². The average Bonchev–Trinajstić information content (AvgIpc) is 3.28. The number of aliphatic imine (C=N–C) groups is 1. The number of thioether (sulfide) groups is 1. The average molecular weight is 396 g/mol. The van der Waals surface area contributed by atoms with Crippen LogP contribution < -0.4 is 14.8 Å². The number of rotatable bonds is 5. The lowest BCUT2D eigenvalue weighted by Crippen LogP contribution is -2.26. The van der Waals surface area contributed by atoms with Gasteiger partial charge < -0.3 is 19.9 Å². The van der Waals surface area contributed by atoms with Gasteiger partial charge in [-0.1, -0.05) is 36.4 Å². The third-order valence-electron chi connectivity index (χ3n) is 4.18. The summed E-state index contributed by atoms with van der Waals surface area (Å²) in [7, 11) is 0. The van der Waals surface area contributed by atoms with Gasteiger partial charge in [-0.3, -0.25) is 4.79 Å². The summed E-state index contributed by atoms with van der Waals surface area (Å²) < 4.78 is 10.6. The SMILES string of the molecule is O=C1NC(=N[C@@H](Cc2ccccc2)C(=O)O)S/C1=C/c1ccc2c(c1)OCO2. The van der Waals surface area contributed by atoms with Crippen molar-refractivity contribution in [2.75, 3.05) is 6.79 Å². The van der Waals surface area contributed by atoms with E-state index in [-0.39, 0.29) is 24.3 Å². The van der Waals surface area contributed by atoms with Gasteiger partial charge in [0.25, 0.3) is 5.91 Å². The van der Waals surface area contributed by atoms with Crippen molar-refractivity contribution < 1.29 is 24.2 Å². The second kappa shape index (κ2) is 7.77. The van der Waals surface area contributed by atoms with E-state index in [1.165, 1.54) is 0 Å². The van der Waals surface area contributed by atoms with Gasteiger partial charge in [0.05, 0.1) is 4.91 Å². The number of carboxylic acids is 1. The smallest absolute Gasteiger partial charge is 0.328 e. The summed E-state index contributed by atoms with van der Waals surface area (Å²) in [6.45, 7) is 0.180. The van der Waals surface area contributed by atoms with E-state index in [0.29, 0.717) is 16.4 Å². The highest BCUT2D eigenvalue weighted by Crippen LogP contribution is 2.34. The lowest BCUT2D eigenvalue weighted by atomic mass is 10.1. The molecule has 1 saturated heterocycles. The van der Waals surface area contributed by atoms with Crippen LogP contribution in [0.2, 0.25) is 0 Å². The van der Waals surface area contributed by atoms with Crippen LogP contribution in [0.5, 0.6) is 11.5 Å². The Kier molecular flexibility index (Phi) is 5.03. The number of amides is 1. The molecule has 8 heteroatoms. The third-order valence-corrected chi connectivity index (χ3v) is 5.10. The van der Waals surface area contributed by atoms with Gasteiger partial charge in [-0.25, -0.2) is 9.79 Å². The van der Waals surface area contributed by atoms with Crippen LogP contribution >= 0.6 is 11.8 Å². The number of ether oxygens (including phenoxy) is 2. The molecule has 0 saturated carbocycles. The summed E-state index contributed by atoms with van der Waals surface area (Å²) in [4.78, 5) is 28.5. The number of aliphatic carboxylic acids is 1. The number of nitrogens with zero attached hydrogens (tertiary/aromatic N) is 1. The van der Waals surface area contributed by atoms with Crippen LogP contribution in [0.3, 0.4) is 0 Å². The van der Waals surface area contributed by atoms with Crippen LogP contribution in [0, 0.1) is 0 Å². The Balaban J connectivity index is 1.52. The first-order chi connectivity index (χ1) is 13.6. The van der Waals surface area contributed by atoms with Crippen molar-refractivity contribution in [3.05, 3.63) is 64.6 Å². The zero-order valence-corrected chi connectivity index (χ0v) is 15.4. The number of benzene rings is 2. The molecule has 2 heterocycles. The van der Waals surface area contributed by atoms with Crippen molar-refractivity contribution in [3.8, 4) is 11.5 Å². The quantitative estimate of drug-likeness (QED) is 0.755. The van der Waals surface area contributed by atoms with E-state index < -0.39 is 12.0 Å². The van der Waals surface area contributed by atoms with Gasteiger partial charge >= 0.3 is 5.97 Å². The number of carbonyl (C=O) groups is 2. The highest BCUT2D eigenvalue weighted by Gasteiger charge is 2.27. The Hall–Kier alpha value is -3.26. The Bertz CT molecular complexity index is 987. The van der Waals surface area contributed by atoms with E-state index in [2.05, 4.69) is 10.3 Å². The summed E-state index contributed by atoms with van der Waals surface area (Å²) in [6.07, 6.45) is 1.95. The molecule has 142 valence electrons. The summed E-state index contributed by atoms with van der Waals surface area (Å²) in [5, 5.41) is 12.4. The fourth-order valence-corrected chi connectivity index (χ4v) is 3.68. The number of nitrogens with one attached hydrogen (secondary N) is 1. The van der Waals surface area contributed by atoms with Crippen LogP contribution in [0.4, 0.5) is 0 Å². The highest BCUT2D eigenvalue weighted by atomic mass is 32.2. The van der Waals surface area contributed by atoms with Crippen molar-refractivity contribution in [1.29, 1.82) is 0 Å². The molecule has 2 aromatic rings. The van der Waals surface area contributed by atoms with Crippen molar-refractivity contribution in [3.63, 3.8) is 0 Å². The Morgan fingerprint density at radius 2 is 2.00 bits per heavy atom. The summed E-state index contributed by atoms with van der Waals surface area (Å²) in [5.41, 5.74) is 1.65. The molecule has 0 spiro atoms. The Labute approximate surface area is 165 Å². The minimum Gasteiger partial charge on any atom is -0.480 e. The molecule has 1 atom stereocenters. The van der Waals surface area contributed by atoms with Gasteiger partial charge in [-0.15, -0.1) is 0 Å². The second-order valence-corrected chi connectivity index (χ2v) is 7.19.